The van der Waals surface area contributed by atoms with Crippen LogP contribution in [0.4, 0.5) is 0 Å². The van der Waals surface area contributed by atoms with Gasteiger partial charge in [0.25, 0.3) is 5.91 Å². The third-order valence-electron chi connectivity index (χ3n) is 2.63. The number of carbonyl (C=O) groups is 1. The minimum Gasteiger partial charge on any atom is -0.285 e. The molecule has 0 atom stereocenters. The average Bonchev–Trinajstić information content (AvgIpc) is 2.87. The van der Waals surface area contributed by atoms with Crippen LogP contribution in [-0.2, 0) is 4.79 Å². The maximum absolute atomic E-state index is 12.0. The lowest BCUT2D eigenvalue weighted by Crippen LogP contribution is -2.26. The molecule has 1 amide bonds. The fraction of sp³-hybridized carbons (Fsp3) is 0.167. The van der Waals surface area contributed by atoms with E-state index in [4.69, 9.17) is 11.6 Å². The fourth-order valence-electron chi connectivity index (χ4n) is 1.78. The van der Waals surface area contributed by atoms with Crippen molar-refractivity contribution >= 4 is 40.5 Å². The summed E-state index contributed by atoms with van der Waals surface area (Å²) in [5, 5.41) is 1.52. The number of nitrogens with zero attached hydrogens (tertiary/aromatic N) is 2. The van der Waals surface area contributed by atoms with E-state index in [2.05, 4.69) is 4.99 Å². The van der Waals surface area contributed by atoms with Crippen LogP contribution in [0.2, 0.25) is 5.02 Å². The maximum atomic E-state index is 12.0. The number of aliphatic imine (C=N–C) groups is 1. The predicted octanol–water partition coefficient (Wildman–Crippen LogP) is 2.63. The van der Waals surface area contributed by atoms with Crippen LogP contribution in [0.5, 0.6) is 0 Å². The zero-order valence-electron chi connectivity index (χ0n) is 8.89. The van der Waals surface area contributed by atoms with Gasteiger partial charge >= 0.3 is 0 Å². The Labute approximate surface area is 108 Å². The molecule has 2 aliphatic rings. The summed E-state index contributed by atoms with van der Waals surface area (Å²) in [5.41, 5.74) is 1.45. The Morgan fingerprint density at radius 3 is 2.82 bits per heavy atom. The highest BCUT2D eigenvalue weighted by Crippen LogP contribution is 2.28. The molecule has 1 saturated heterocycles. The number of rotatable bonds is 1. The molecule has 0 aliphatic carbocycles. The topological polar surface area (TPSA) is 32.7 Å². The van der Waals surface area contributed by atoms with Crippen molar-refractivity contribution in [3.8, 4) is 0 Å². The van der Waals surface area contributed by atoms with Gasteiger partial charge in [-0.15, -0.1) is 0 Å². The second kappa shape index (κ2) is 4.20. The van der Waals surface area contributed by atoms with Crippen LogP contribution in [0.1, 0.15) is 5.56 Å². The van der Waals surface area contributed by atoms with Crippen molar-refractivity contribution < 1.29 is 4.79 Å². The molecule has 0 saturated carbocycles. The normalized spacial score (nSPS) is 21.0. The highest BCUT2D eigenvalue weighted by molar-refractivity contribution is 8.14. The van der Waals surface area contributed by atoms with Gasteiger partial charge in [-0.25, -0.2) is 4.99 Å². The molecule has 0 aromatic heterocycles. The van der Waals surface area contributed by atoms with Gasteiger partial charge < -0.3 is 0 Å². The average molecular weight is 265 g/mol. The van der Waals surface area contributed by atoms with Crippen molar-refractivity contribution in [3.63, 3.8) is 0 Å². The summed E-state index contributed by atoms with van der Waals surface area (Å²) in [6, 6.07) is 7.35. The standard InChI is InChI=1S/C12H9ClN2OS/c13-9-3-1-8(2-4-9)7-10-11(16)15-5-6-17-12(15)14-10/h1-4,7H,5-6H2. The van der Waals surface area contributed by atoms with E-state index >= 15 is 0 Å². The second-order valence-electron chi connectivity index (χ2n) is 3.78. The molecule has 0 unspecified atom stereocenters. The first kappa shape index (κ1) is 10.9. The molecule has 1 aromatic rings. The van der Waals surface area contributed by atoms with Crippen LogP contribution < -0.4 is 0 Å². The molecule has 3 nitrogen and oxygen atoms in total. The minimum atomic E-state index is -0.0000463. The molecule has 0 bridgehead atoms. The van der Waals surface area contributed by atoms with Crippen molar-refractivity contribution in [2.24, 2.45) is 4.99 Å². The molecule has 17 heavy (non-hydrogen) atoms. The Bertz CT molecular complexity index is 536. The van der Waals surface area contributed by atoms with E-state index in [0.717, 1.165) is 23.0 Å². The van der Waals surface area contributed by atoms with Crippen LogP contribution in [0.15, 0.2) is 35.0 Å². The number of fused-ring (bicyclic) bond motifs is 1. The van der Waals surface area contributed by atoms with Gasteiger partial charge in [-0.1, -0.05) is 35.5 Å². The quantitative estimate of drug-likeness (QED) is 0.731. The van der Waals surface area contributed by atoms with E-state index in [1.165, 1.54) is 0 Å². The summed E-state index contributed by atoms with van der Waals surface area (Å²) < 4.78 is 0. The minimum absolute atomic E-state index is 0.0000463. The third-order valence-corrected chi connectivity index (χ3v) is 3.84. The van der Waals surface area contributed by atoms with Crippen molar-refractivity contribution in [2.75, 3.05) is 12.3 Å². The molecule has 0 N–H and O–H groups in total. The number of halogens is 1. The Hall–Kier alpha value is -1.26. The van der Waals surface area contributed by atoms with Crippen molar-refractivity contribution in [1.82, 2.24) is 4.90 Å². The first-order chi connectivity index (χ1) is 8.24. The molecular formula is C12H9ClN2OS. The zero-order valence-corrected chi connectivity index (χ0v) is 10.5. The van der Waals surface area contributed by atoms with E-state index in [1.807, 2.05) is 12.1 Å². The molecule has 2 heterocycles. The van der Waals surface area contributed by atoms with Gasteiger partial charge in [0.1, 0.15) is 5.70 Å². The number of benzene rings is 1. The predicted molar refractivity (Wildman–Crippen MR) is 71.0 cm³/mol. The van der Waals surface area contributed by atoms with Gasteiger partial charge in [0.05, 0.1) is 0 Å². The SMILES string of the molecule is O=C1C(=Cc2ccc(Cl)cc2)N=C2SCCN12. The Morgan fingerprint density at radius 2 is 2.12 bits per heavy atom. The number of amidine groups is 1. The number of amides is 1. The van der Waals surface area contributed by atoms with Crippen LogP contribution in [0.3, 0.4) is 0 Å². The van der Waals surface area contributed by atoms with E-state index in [1.54, 1.807) is 34.9 Å². The molecule has 1 fully saturated rings. The largest absolute Gasteiger partial charge is 0.285 e. The summed E-state index contributed by atoms with van der Waals surface area (Å²) in [7, 11) is 0. The van der Waals surface area contributed by atoms with E-state index in [-0.39, 0.29) is 5.91 Å². The highest BCUT2D eigenvalue weighted by Gasteiger charge is 2.33. The fourth-order valence-corrected chi connectivity index (χ4v) is 2.86. The number of hydrogen-bond donors (Lipinski definition) is 0. The van der Waals surface area contributed by atoms with Crippen molar-refractivity contribution in [2.45, 2.75) is 0 Å². The van der Waals surface area contributed by atoms with Crippen LogP contribution in [-0.4, -0.2) is 28.3 Å². The molecule has 1 aromatic carbocycles. The first-order valence-corrected chi connectivity index (χ1v) is 6.61. The third kappa shape index (κ3) is 1.98. The molecule has 5 heteroatoms. The molecule has 2 aliphatic heterocycles. The van der Waals surface area contributed by atoms with Gasteiger partial charge in [0.15, 0.2) is 5.17 Å². The Morgan fingerprint density at radius 1 is 1.35 bits per heavy atom. The maximum Gasteiger partial charge on any atom is 0.278 e. The second-order valence-corrected chi connectivity index (χ2v) is 5.28. The van der Waals surface area contributed by atoms with Crippen molar-refractivity contribution in [1.29, 1.82) is 0 Å². The molecular weight excluding hydrogens is 256 g/mol. The van der Waals surface area contributed by atoms with Crippen LogP contribution >= 0.6 is 23.4 Å². The van der Waals surface area contributed by atoms with Crippen molar-refractivity contribution in [3.05, 3.63) is 40.5 Å². The smallest absolute Gasteiger partial charge is 0.278 e. The van der Waals surface area contributed by atoms with Gasteiger partial charge in [0.2, 0.25) is 0 Å². The van der Waals surface area contributed by atoms with Crippen LogP contribution in [0.25, 0.3) is 6.08 Å². The summed E-state index contributed by atoms with van der Waals surface area (Å²) >= 11 is 7.43. The summed E-state index contributed by atoms with van der Waals surface area (Å²) in [5.74, 6) is 0.943. The molecule has 3 rings (SSSR count). The van der Waals surface area contributed by atoms with E-state index < -0.39 is 0 Å². The van der Waals surface area contributed by atoms with Gasteiger partial charge in [0, 0.05) is 17.3 Å². The van der Waals surface area contributed by atoms with E-state index in [9.17, 15) is 4.79 Å². The molecule has 0 radical (unpaired) electrons. The summed E-state index contributed by atoms with van der Waals surface area (Å²) in [6.45, 7) is 0.764. The van der Waals surface area contributed by atoms with E-state index in [0.29, 0.717) is 10.7 Å². The number of hydrogen-bond acceptors (Lipinski definition) is 3. The van der Waals surface area contributed by atoms with Crippen LogP contribution in [0, 0.1) is 0 Å². The molecule has 0 spiro atoms. The monoisotopic (exact) mass is 264 g/mol. The summed E-state index contributed by atoms with van der Waals surface area (Å²) in [6.07, 6.45) is 1.80. The first-order valence-electron chi connectivity index (χ1n) is 5.25. The number of carbonyl (C=O) groups excluding carboxylic acids is 1. The lowest BCUT2D eigenvalue weighted by molar-refractivity contribution is -0.122. The summed E-state index contributed by atoms with van der Waals surface area (Å²) in [4.78, 5) is 18.0. The van der Waals surface area contributed by atoms with Gasteiger partial charge in [-0.3, -0.25) is 9.69 Å². The number of thioether (sulfide) groups is 1. The lowest BCUT2D eigenvalue weighted by Gasteiger charge is -2.05. The Kier molecular flexibility index (Phi) is 2.68. The van der Waals surface area contributed by atoms with Gasteiger partial charge in [-0.05, 0) is 23.8 Å². The van der Waals surface area contributed by atoms with Gasteiger partial charge in [-0.2, -0.15) is 0 Å². The lowest BCUT2D eigenvalue weighted by atomic mass is 10.2. The Balaban J connectivity index is 1.93. The zero-order chi connectivity index (χ0) is 11.8. The highest BCUT2D eigenvalue weighted by atomic mass is 35.5. The molecule has 86 valence electrons.